The number of alkyl halides is 3. The molecule has 1 heterocycles. The molecule has 1 aromatic rings. The lowest BCUT2D eigenvalue weighted by atomic mass is 9.48. The van der Waals surface area contributed by atoms with Crippen LogP contribution >= 0.6 is 0 Å². The first-order chi connectivity index (χ1) is 14.6. The summed E-state index contributed by atoms with van der Waals surface area (Å²) in [5.74, 6) is 2.79. The Hall–Kier alpha value is -1.37. The molecule has 0 amide bonds. The van der Waals surface area contributed by atoms with Gasteiger partial charge in [-0.2, -0.15) is 13.2 Å². The van der Waals surface area contributed by atoms with E-state index in [1.165, 1.54) is 0 Å². The van der Waals surface area contributed by atoms with Crippen LogP contribution in [0.25, 0.3) is 0 Å². The van der Waals surface area contributed by atoms with E-state index in [0.29, 0.717) is 36.5 Å². The molecule has 31 heavy (non-hydrogen) atoms. The minimum atomic E-state index is -4.53. The molecule has 4 fully saturated rings. The number of imidazole rings is 1. The largest absolute Gasteiger partial charge is 0.417 e. The van der Waals surface area contributed by atoms with Gasteiger partial charge in [0.05, 0.1) is 6.42 Å². The molecule has 5 rings (SSSR count). The van der Waals surface area contributed by atoms with Crippen LogP contribution in [0.3, 0.4) is 0 Å². The van der Waals surface area contributed by atoms with Crippen LogP contribution in [0.15, 0.2) is 12.4 Å². The molecule has 4 aliphatic rings. The monoisotopic (exact) mass is 438 g/mol. The van der Waals surface area contributed by atoms with Gasteiger partial charge in [-0.05, 0) is 92.8 Å². The first kappa shape index (κ1) is 21.5. The van der Waals surface area contributed by atoms with Gasteiger partial charge >= 0.3 is 6.18 Å². The molecule has 0 spiro atoms. The van der Waals surface area contributed by atoms with Crippen molar-refractivity contribution in [2.24, 2.45) is 40.9 Å². The fraction of sp³-hybridized carbons (Fsp3) is 0.833. The van der Waals surface area contributed by atoms with Gasteiger partial charge in [0.1, 0.15) is 11.6 Å². The molecule has 1 aromatic heterocycles. The summed E-state index contributed by atoms with van der Waals surface area (Å²) in [7, 11) is 0. The molecule has 4 aliphatic carbocycles. The van der Waals surface area contributed by atoms with Crippen molar-refractivity contribution in [1.82, 2.24) is 9.97 Å². The van der Waals surface area contributed by atoms with Crippen molar-refractivity contribution >= 4 is 5.78 Å². The number of aromatic amines is 1. The number of halogens is 3. The summed E-state index contributed by atoms with van der Waals surface area (Å²) in [5, 5.41) is 10.3. The van der Waals surface area contributed by atoms with Crippen LogP contribution in [0.1, 0.15) is 70.5 Å². The van der Waals surface area contributed by atoms with Gasteiger partial charge in [-0.3, -0.25) is 4.79 Å². The van der Waals surface area contributed by atoms with Crippen molar-refractivity contribution in [3.8, 4) is 0 Å². The van der Waals surface area contributed by atoms with Crippen molar-refractivity contribution < 1.29 is 23.1 Å². The van der Waals surface area contributed by atoms with Gasteiger partial charge in [-0.15, -0.1) is 0 Å². The van der Waals surface area contributed by atoms with Crippen molar-refractivity contribution in [2.45, 2.75) is 82.9 Å². The van der Waals surface area contributed by atoms with Crippen molar-refractivity contribution in [2.75, 3.05) is 0 Å². The number of nitrogens with one attached hydrogen (secondary N) is 1. The number of rotatable bonds is 3. The Labute approximate surface area is 181 Å². The Kier molecular flexibility index (Phi) is 5.07. The number of carbonyl (C=O) groups is 1. The third kappa shape index (κ3) is 3.37. The van der Waals surface area contributed by atoms with Gasteiger partial charge in [0.15, 0.2) is 5.60 Å². The third-order valence-electron chi connectivity index (χ3n) is 9.82. The summed E-state index contributed by atoms with van der Waals surface area (Å²) in [6, 6.07) is 0. The first-order valence-electron chi connectivity index (χ1n) is 11.9. The molecule has 8 unspecified atom stereocenters. The smallest absolute Gasteiger partial charge is 0.380 e. The molecule has 7 heteroatoms. The lowest BCUT2D eigenvalue weighted by Crippen LogP contribution is -2.55. The van der Waals surface area contributed by atoms with E-state index in [9.17, 15) is 23.1 Å². The molecule has 2 N–H and O–H groups in total. The number of aliphatic hydroxyl groups is 1. The summed E-state index contributed by atoms with van der Waals surface area (Å²) in [6.45, 7) is 2.29. The van der Waals surface area contributed by atoms with Gasteiger partial charge in [0.2, 0.25) is 0 Å². The normalized spacial score (nSPS) is 44.9. The molecule has 4 saturated carbocycles. The lowest BCUT2D eigenvalue weighted by molar-refractivity contribution is -0.282. The van der Waals surface area contributed by atoms with E-state index >= 15 is 0 Å². The molecule has 4 nitrogen and oxygen atoms in total. The molecule has 0 aromatic carbocycles. The minimum absolute atomic E-state index is 0.000940. The number of carbonyl (C=O) groups excluding carboxylic acids is 1. The third-order valence-corrected chi connectivity index (χ3v) is 9.82. The molecule has 0 bridgehead atoms. The number of ketones is 1. The van der Waals surface area contributed by atoms with Crippen molar-refractivity contribution in [3.63, 3.8) is 0 Å². The maximum Gasteiger partial charge on any atom is 0.417 e. The Morgan fingerprint density at radius 2 is 1.90 bits per heavy atom. The zero-order chi connectivity index (χ0) is 22.0. The van der Waals surface area contributed by atoms with Crippen LogP contribution in [-0.4, -0.2) is 32.6 Å². The van der Waals surface area contributed by atoms with Gasteiger partial charge in [-0.25, -0.2) is 4.98 Å². The number of Topliss-reactive ketones (excluding diaryl/α,β-unsaturated/α-hetero) is 1. The van der Waals surface area contributed by atoms with Crippen molar-refractivity contribution in [3.05, 3.63) is 18.2 Å². The van der Waals surface area contributed by atoms with E-state index in [1.807, 2.05) is 0 Å². The topological polar surface area (TPSA) is 66.0 Å². The highest BCUT2D eigenvalue weighted by molar-refractivity contribution is 5.83. The Balaban J connectivity index is 1.30. The number of fused-ring (bicyclic) bond motifs is 5. The number of aromatic nitrogens is 2. The highest BCUT2D eigenvalue weighted by Crippen LogP contribution is 2.65. The fourth-order valence-corrected chi connectivity index (χ4v) is 8.35. The van der Waals surface area contributed by atoms with Gasteiger partial charge in [0.25, 0.3) is 0 Å². The molecule has 0 radical (unpaired) electrons. The highest BCUT2D eigenvalue weighted by Gasteiger charge is 2.62. The van der Waals surface area contributed by atoms with Gasteiger partial charge in [-0.1, -0.05) is 6.92 Å². The van der Waals surface area contributed by atoms with Crippen LogP contribution in [-0.2, 0) is 11.2 Å². The minimum Gasteiger partial charge on any atom is -0.380 e. The zero-order valence-electron chi connectivity index (χ0n) is 18.1. The quantitative estimate of drug-likeness (QED) is 0.691. The number of nitrogens with zero attached hydrogens (tertiary/aromatic N) is 1. The van der Waals surface area contributed by atoms with E-state index in [-0.39, 0.29) is 35.9 Å². The average Bonchev–Trinajstić information content (AvgIpc) is 3.33. The Morgan fingerprint density at radius 1 is 1.13 bits per heavy atom. The number of hydrogen-bond acceptors (Lipinski definition) is 3. The van der Waals surface area contributed by atoms with Crippen LogP contribution in [0.5, 0.6) is 0 Å². The Morgan fingerprint density at radius 3 is 2.61 bits per heavy atom. The predicted octanol–water partition coefficient (Wildman–Crippen LogP) is 5.08. The van der Waals surface area contributed by atoms with Crippen LogP contribution in [0.2, 0.25) is 0 Å². The molecule has 0 aliphatic heterocycles. The summed E-state index contributed by atoms with van der Waals surface area (Å²) in [6.07, 6.45) is 5.12. The van der Waals surface area contributed by atoms with Crippen molar-refractivity contribution in [1.29, 1.82) is 0 Å². The molecular formula is C24H33F3N2O2. The van der Waals surface area contributed by atoms with E-state index in [4.69, 9.17) is 0 Å². The van der Waals surface area contributed by atoms with Gasteiger partial charge < -0.3 is 10.1 Å². The summed E-state index contributed by atoms with van der Waals surface area (Å²) >= 11 is 0. The van der Waals surface area contributed by atoms with E-state index in [2.05, 4.69) is 16.9 Å². The second kappa shape index (κ2) is 7.32. The highest BCUT2D eigenvalue weighted by atomic mass is 19.4. The first-order valence-corrected chi connectivity index (χ1v) is 11.9. The van der Waals surface area contributed by atoms with Crippen LogP contribution in [0, 0.1) is 40.9 Å². The summed E-state index contributed by atoms with van der Waals surface area (Å²) in [5.41, 5.74) is -2.50. The predicted molar refractivity (Wildman–Crippen MR) is 109 cm³/mol. The SMILES string of the molecule is CC12CCC3C4CCC(O)(C(F)(F)F)CC4CCC3C1CCC2C(=O)Cc1ncc[nH]1. The maximum absolute atomic E-state index is 13.4. The summed E-state index contributed by atoms with van der Waals surface area (Å²) in [4.78, 5) is 20.4. The Bertz CT molecular complexity index is 825. The van der Waals surface area contributed by atoms with E-state index in [1.54, 1.807) is 12.4 Å². The number of H-pyrrole nitrogens is 1. The van der Waals surface area contributed by atoms with E-state index in [0.717, 1.165) is 44.3 Å². The molecule has 0 saturated heterocycles. The fourth-order valence-electron chi connectivity index (χ4n) is 8.35. The average molecular weight is 439 g/mol. The second-order valence-corrected chi connectivity index (χ2v) is 11.1. The zero-order valence-corrected chi connectivity index (χ0v) is 18.1. The van der Waals surface area contributed by atoms with Crippen LogP contribution < -0.4 is 0 Å². The number of hydrogen-bond donors (Lipinski definition) is 2. The summed E-state index contributed by atoms with van der Waals surface area (Å²) < 4.78 is 40.2. The lowest BCUT2D eigenvalue weighted by Gasteiger charge is -2.57. The van der Waals surface area contributed by atoms with Gasteiger partial charge in [0, 0.05) is 18.3 Å². The maximum atomic E-state index is 13.4. The van der Waals surface area contributed by atoms with E-state index < -0.39 is 11.8 Å². The molecule has 172 valence electrons. The molecule has 8 atom stereocenters. The standard InChI is InChI=1S/C24H33F3N2O2/c1-22-8-6-16-15-7-9-23(31,24(25,26)27)13-14(15)2-3-17(16)18(22)4-5-19(22)20(30)12-21-28-10-11-29-21/h10-11,14-19,31H,2-9,12-13H2,1H3,(H,28,29). The molecular weight excluding hydrogens is 405 g/mol. The van der Waals surface area contributed by atoms with Crippen LogP contribution in [0.4, 0.5) is 13.2 Å². The second-order valence-electron chi connectivity index (χ2n) is 11.1.